The fourth-order valence-electron chi connectivity index (χ4n) is 5.47. The van der Waals surface area contributed by atoms with Gasteiger partial charge < -0.3 is 30.8 Å². The minimum Gasteiger partial charge on any atom is -0.391 e. The lowest BCUT2D eigenvalue weighted by molar-refractivity contribution is 0.0854. The van der Waals surface area contributed by atoms with Gasteiger partial charge in [-0.3, -0.25) is 0 Å². The van der Waals surface area contributed by atoms with Crippen LogP contribution in [0.15, 0.2) is 24.2 Å². The maximum atomic E-state index is 11.0. The first-order valence-electron chi connectivity index (χ1n) is 13.0. The molecule has 5 N–H and O–H groups in total. The van der Waals surface area contributed by atoms with Crippen LogP contribution in [0.3, 0.4) is 0 Å². The smallest absolute Gasteiger partial charge is 0.146 e. The molecule has 0 bridgehead atoms. The lowest BCUT2D eigenvalue weighted by atomic mass is 9.92. The monoisotopic (exact) mass is 470 g/mol. The molecule has 1 aliphatic carbocycles. The van der Waals surface area contributed by atoms with E-state index in [-0.39, 0.29) is 12.1 Å². The van der Waals surface area contributed by atoms with E-state index < -0.39 is 0 Å². The van der Waals surface area contributed by atoms with Crippen LogP contribution in [0.2, 0.25) is 0 Å². The highest BCUT2D eigenvalue weighted by Crippen LogP contribution is 2.41. The van der Waals surface area contributed by atoms with Crippen molar-refractivity contribution < 1.29 is 9.84 Å². The fourth-order valence-corrected chi connectivity index (χ4v) is 5.47. The van der Waals surface area contributed by atoms with Crippen molar-refractivity contribution in [3.63, 3.8) is 0 Å². The van der Waals surface area contributed by atoms with Crippen LogP contribution in [0.1, 0.15) is 69.9 Å². The molecule has 8 nitrogen and oxygen atoms in total. The summed E-state index contributed by atoms with van der Waals surface area (Å²) in [5.41, 5.74) is 9.81. The Hall–Kier alpha value is -2.00. The van der Waals surface area contributed by atoms with Crippen molar-refractivity contribution >= 4 is 16.9 Å². The number of hydrogen-bond acceptors (Lipinski definition) is 7. The van der Waals surface area contributed by atoms with E-state index in [2.05, 4.69) is 51.3 Å². The summed E-state index contributed by atoms with van der Waals surface area (Å²) >= 11 is 0. The topological polar surface area (TPSA) is 110 Å². The number of ether oxygens (including phenoxy) is 1. The predicted molar refractivity (Wildman–Crippen MR) is 137 cm³/mol. The molecule has 188 valence electrons. The molecule has 3 atom stereocenters. The van der Waals surface area contributed by atoms with Crippen LogP contribution in [-0.2, 0) is 4.74 Å². The molecule has 2 fully saturated rings. The highest BCUT2D eigenvalue weighted by atomic mass is 16.5. The molecule has 2 aromatic rings. The van der Waals surface area contributed by atoms with Crippen molar-refractivity contribution in [2.24, 2.45) is 5.92 Å². The van der Waals surface area contributed by atoms with E-state index in [0.29, 0.717) is 17.7 Å². The van der Waals surface area contributed by atoms with E-state index in [4.69, 9.17) is 10.5 Å². The molecule has 1 aliphatic heterocycles. The summed E-state index contributed by atoms with van der Waals surface area (Å²) in [7, 11) is 0. The number of hydrogen-bond donors (Lipinski definition) is 4. The quantitative estimate of drug-likeness (QED) is 0.295. The first kappa shape index (κ1) is 25.1. The zero-order chi connectivity index (χ0) is 23.9. The molecule has 3 heterocycles. The Morgan fingerprint density at radius 3 is 2.79 bits per heavy atom. The Morgan fingerprint density at radius 2 is 2.00 bits per heavy atom. The molecule has 2 aliphatic rings. The van der Waals surface area contributed by atoms with Gasteiger partial charge in [-0.25, -0.2) is 9.97 Å². The highest BCUT2D eigenvalue weighted by molar-refractivity contribution is 5.90. The summed E-state index contributed by atoms with van der Waals surface area (Å²) in [6.45, 7) is 9.83. The maximum absolute atomic E-state index is 11.0. The maximum Gasteiger partial charge on any atom is 0.146 e. The number of nitrogen functional groups attached to an aromatic ring is 1. The van der Waals surface area contributed by atoms with Crippen molar-refractivity contribution in [1.29, 1.82) is 0 Å². The summed E-state index contributed by atoms with van der Waals surface area (Å²) < 4.78 is 7.75. The van der Waals surface area contributed by atoms with E-state index in [1.54, 1.807) is 0 Å². The minimum atomic E-state index is -0.377. The van der Waals surface area contributed by atoms with Crippen LogP contribution in [0.25, 0.3) is 11.0 Å². The van der Waals surface area contributed by atoms with E-state index in [1.165, 1.54) is 17.5 Å². The highest BCUT2D eigenvalue weighted by Gasteiger charge is 2.36. The summed E-state index contributed by atoms with van der Waals surface area (Å²) in [6, 6.07) is 0.0220. The second-order valence-corrected chi connectivity index (χ2v) is 10.0. The molecule has 34 heavy (non-hydrogen) atoms. The Kier molecular flexibility index (Phi) is 8.94. The number of aliphatic hydroxyl groups is 1. The van der Waals surface area contributed by atoms with Gasteiger partial charge in [0.05, 0.1) is 17.5 Å². The van der Waals surface area contributed by atoms with Gasteiger partial charge in [0, 0.05) is 19.4 Å². The molecule has 1 saturated heterocycles. The van der Waals surface area contributed by atoms with Crippen molar-refractivity contribution in [2.45, 2.75) is 70.4 Å². The molecule has 0 spiro atoms. The first-order valence-corrected chi connectivity index (χ1v) is 13.0. The molecule has 1 saturated carbocycles. The number of aromatic nitrogens is 3. The summed E-state index contributed by atoms with van der Waals surface area (Å²) in [5.74, 6) is 1.39. The van der Waals surface area contributed by atoms with E-state index in [1.807, 2.05) is 0 Å². The van der Waals surface area contributed by atoms with Crippen molar-refractivity contribution in [1.82, 2.24) is 25.2 Å². The Labute approximate surface area is 203 Å². The van der Waals surface area contributed by atoms with Gasteiger partial charge in [0.2, 0.25) is 0 Å². The number of allylic oxidation sites excluding steroid dienone is 1. The third-order valence-corrected chi connectivity index (χ3v) is 7.61. The number of nitrogens with two attached hydrogens (primary N) is 1. The Balaban J connectivity index is 1.32. The van der Waals surface area contributed by atoms with Crippen LogP contribution in [0.4, 0.5) is 5.82 Å². The number of nitrogens with zero attached hydrogens (tertiary/aromatic N) is 3. The molecule has 0 unspecified atom stereocenters. The summed E-state index contributed by atoms with van der Waals surface area (Å²) in [6.07, 6.45) is 11.5. The number of aliphatic hydroxyl groups excluding tert-OH is 1. The van der Waals surface area contributed by atoms with Crippen molar-refractivity contribution in [3.8, 4) is 0 Å². The zero-order valence-electron chi connectivity index (χ0n) is 20.8. The first-order chi connectivity index (χ1) is 16.6. The second kappa shape index (κ2) is 12.1. The molecule has 2 aromatic heterocycles. The number of anilines is 1. The molecular formula is C26H42N6O2. The van der Waals surface area contributed by atoms with Gasteiger partial charge in [-0.05, 0) is 96.0 Å². The minimum absolute atomic E-state index is 0.0220. The average molecular weight is 471 g/mol. The van der Waals surface area contributed by atoms with Gasteiger partial charge in [-0.2, -0.15) is 0 Å². The van der Waals surface area contributed by atoms with Gasteiger partial charge in [0.25, 0.3) is 0 Å². The van der Waals surface area contributed by atoms with E-state index in [9.17, 15) is 5.11 Å². The molecule has 0 radical (unpaired) electrons. The molecule has 0 aromatic carbocycles. The van der Waals surface area contributed by atoms with Gasteiger partial charge in [-0.15, -0.1) is 0 Å². The van der Waals surface area contributed by atoms with Crippen LogP contribution in [-0.4, -0.2) is 65.1 Å². The van der Waals surface area contributed by atoms with Gasteiger partial charge >= 0.3 is 0 Å². The Bertz CT molecular complexity index is 952. The molecule has 8 heteroatoms. The molecule has 0 amide bonds. The van der Waals surface area contributed by atoms with Crippen LogP contribution in [0.5, 0.6) is 0 Å². The van der Waals surface area contributed by atoms with Gasteiger partial charge in [-0.1, -0.05) is 11.6 Å². The average Bonchev–Trinajstić information content (AvgIpc) is 3.42. The summed E-state index contributed by atoms with van der Waals surface area (Å²) in [5, 5.41) is 19.0. The lowest BCUT2D eigenvalue weighted by Crippen LogP contribution is -2.26. The second-order valence-electron chi connectivity index (χ2n) is 10.0. The number of rotatable bonds is 11. The van der Waals surface area contributed by atoms with Crippen LogP contribution >= 0.6 is 0 Å². The van der Waals surface area contributed by atoms with E-state index >= 15 is 0 Å². The zero-order valence-corrected chi connectivity index (χ0v) is 20.8. The number of nitrogens with one attached hydrogen (secondary N) is 2. The number of fused-ring (bicyclic) bond motifs is 1. The van der Waals surface area contributed by atoms with Crippen LogP contribution in [0, 0.1) is 5.92 Å². The van der Waals surface area contributed by atoms with Gasteiger partial charge in [0.1, 0.15) is 17.8 Å². The molecule has 4 rings (SSSR count). The SMILES string of the molecule is C/C=C(\C)CCNCCCNC[C@@H]1C[C@@H](O)[C@H](n2cc(C3CCOCC3)c3c(N)ncnc32)C1. The standard InChI is InChI=1S/C26H42N6O2/c1-3-18(2)5-10-28-8-4-9-29-15-19-13-22(23(33)14-19)32-16-21(20-6-11-34-12-7-20)24-25(27)30-17-31-26(24)32/h3,16-17,19-20,22-23,28-29,33H,4-15H2,1-2H3,(H2,27,30,31)/b18-3+/t19-,22+,23+/m0/s1. The van der Waals surface area contributed by atoms with Gasteiger partial charge in [0.15, 0.2) is 0 Å². The fraction of sp³-hybridized carbons (Fsp3) is 0.692. The van der Waals surface area contributed by atoms with Crippen molar-refractivity contribution in [3.05, 3.63) is 29.7 Å². The normalized spacial score (nSPS) is 24.3. The third-order valence-electron chi connectivity index (χ3n) is 7.61. The van der Waals surface area contributed by atoms with Crippen LogP contribution < -0.4 is 16.4 Å². The molecular weight excluding hydrogens is 428 g/mol. The predicted octanol–water partition coefficient (Wildman–Crippen LogP) is 3.15. The largest absolute Gasteiger partial charge is 0.391 e. The van der Waals surface area contributed by atoms with E-state index in [0.717, 1.165) is 89.0 Å². The lowest BCUT2D eigenvalue weighted by Gasteiger charge is -2.22. The Morgan fingerprint density at radius 1 is 1.21 bits per heavy atom. The third kappa shape index (κ3) is 5.97. The van der Waals surface area contributed by atoms with Crippen molar-refractivity contribution in [2.75, 3.05) is 45.1 Å². The summed E-state index contributed by atoms with van der Waals surface area (Å²) in [4.78, 5) is 8.86.